The molecule has 0 bridgehead atoms. The number of hydrogen-bond donors (Lipinski definition) is 1. The summed E-state index contributed by atoms with van der Waals surface area (Å²) in [5.41, 5.74) is 6.60. The summed E-state index contributed by atoms with van der Waals surface area (Å²) in [5.74, 6) is -0.333. The van der Waals surface area contributed by atoms with Crippen LogP contribution in [0.1, 0.15) is 27.0 Å². The van der Waals surface area contributed by atoms with E-state index < -0.39 is 23.7 Å². The molecule has 0 aliphatic carbocycles. The van der Waals surface area contributed by atoms with Gasteiger partial charge in [0.15, 0.2) is 5.82 Å². The maximum atomic E-state index is 13.7. The zero-order chi connectivity index (χ0) is 28.3. The van der Waals surface area contributed by atoms with Crippen LogP contribution in [0, 0.1) is 11.3 Å². The summed E-state index contributed by atoms with van der Waals surface area (Å²) in [4.78, 5) is 32.9. The zero-order valence-electron chi connectivity index (χ0n) is 20.8. The molecule has 6 rings (SSSR count). The molecular formula is C27H19F3N8O2. The van der Waals surface area contributed by atoms with Gasteiger partial charge in [-0.15, -0.1) is 10.2 Å². The van der Waals surface area contributed by atoms with Crippen LogP contribution in [0.25, 0.3) is 22.5 Å². The normalized spacial score (nSPS) is 16.6. The fourth-order valence-electron chi connectivity index (χ4n) is 4.95. The molecule has 200 valence electrons. The van der Waals surface area contributed by atoms with Crippen LogP contribution in [0.4, 0.5) is 24.8 Å². The van der Waals surface area contributed by atoms with Crippen molar-refractivity contribution in [2.24, 2.45) is 12.8 Å². The molecular weight excluding hydrogens is 525 g/mol. The van der Waals surface area contributed by atoms with Crippen LogP contribution in [0.5, 0.6) is 0 Å². The van der Waals surface area contributed by atoms with Crippen molar-refractivity contribution in [1.82, 2.24) is 19.7 Å². The molecule has 2 aromatic carbocycles. The molecule has 0 radical (unpaired) electrons. The second-order valence-electron chi connectivity index (χ2n) is 9.49. The van der Waals surface area contributed by atoms with Gasteiger partial charge in [0.1, 0.15) is 24.0 Å². The lowest BCUT2D eigenvalue weighted by Gasteiger charge is -2.35. The second kappa shape index (κ2) is 8.99. The number of nitriles is 1. The van der Waals surface area contributed by atoms with Gasteiger partial charge in [-0.25, -0.2) is 4.98 Å². The molecule has 4 heterocycles. The Labute approximate surface area is 225 Å². The number of carbonyl (C=O) groups excluding carboxylic acids is 2. The summed E-state index contributed by atoms with van der Waals surface area (Å²) in [5, 5.41) is 17.7. The number of fused-ring (bicyclic) bond motifs is 1. The van der Waals surface area contributed by atoms with E-state index >= 15 is 0 Å². The quantitative estimate of drug-likeness (QED) is 0.390. The molecule has 1 saturated heterocycles. The molecule has 1 atom stereocenters. The number of amides is 2. The Hall–Kier alpha value is -5.09. The molecule has 0 saturated carbocycles. The van der Waals surface area contributed by atoms with Crippen LogP contribution in [0.15, 0.2) is 54.9 Å². The van der Waals surface area contributed by atoms with Crippen molar-refractivity contribution < 1.29 is 22.8 Å². The smallest absolute Gasteiger partial charge is 0.318 e. The van der Waals surface area contributed by atoms with Crippen molar-refractivity contribution in [3.05, 3.63) is 77.1 Å². The van der Waals surface area contributed by atoms with Crippen LogP contribution in [-0.4, -0.2) is 44.1 Å². The third-order valence-electron chi connectivity index (χ3n) is 7.00. The number of aromatic nitrogens is 4. The first-order valence-corrected chi connectivity index (χ1v) is 12.1. The summed E-state index contributed by atoms with van der Waals surface area (Å²) >= 11 is 0. The maximum Gasteiger partial charge on any atom is 0.416 e. The number of nitrogens with two attached hydrogens (primary N) is 1. The largest absolute Gasteiger partial charge is 0.416 e. The van der Waals surface area contributed by atoms with Gasteiger partial charge in [0.05, 0.1) is 30.3 Å². The van der Waals surface area contributed by atoms with Crippen LogP contribution in [-0.2, 0) is 24.6 Å². The number of hydrogen-bond acceptors (Lipinski definition) is 7. The highest BCUT2D eigenvalue weighted by Gasteiger charge is 2.41. The third kappa shape index (κ3) is 3.97. The molecule has 2 amide bonds. The van der Waals surface area contributed by atoms with E-state index in [1.54, 1.807) is 41.9 Å². The molecule has 2 aliphatic rings. The molecule has 2 aliphatic heterocycles. The Morgan fingerprint density at radius 3 is 2.40 bits per heavy atom. The SMILES string of the molecule is Cn1cnnc1-c1ccc(C#N)cc1-c1cc(N2Cc3c(cccc3C(F)(F)F)C2=O)nc(N2C[C@@H](N)C2=O)c1. The fraction of sp³-hybridized carbons (Fsp3) is 0.185. The third-order valence-corrected chi connectivity index (χ3v) is 7.00. The molecule has 2 aromatic heterocycles. The van der Waals surface area contributed by atoms with Crippen molar-refractivity contribution >= 4 is 23.5 Å². The minimum Gasteiger partial charge on any atom is -0.318 e. The highest BCUT2D eigenvalue weighted by atomic mass is 19.4. The number of β-lactam (4-membered cyclic amide) rings is 1. The van der Waals surface area contributed by atoms with Gasteiger partial charge in [0.25, 0.3) is 5.91 Å². The van der Waals surface area contributed by atoms with Crippen LogP contribution >= 0.6 is 0 Å². The Morgan fingerprint density at radius 2 is 1.77 bits per heavy atom. The van der Waals surface area contributed by atoms with E-state index in [1.807, 2.05) is 0 Å². The predicted octanol–water partition coefficient (Wildman–Crippen LogP) is 3.27. The number of aryl methyl sites for hydroxylation is 1. The lowest BCUT2D eigenvalue weighted by atomic mass is 9.96. The topological polar surface area (TPSA) is 134 Å². The van der Waals surface area contributed by atoms with Gasteiger partial charge in [-0.05, 0) is 59.2 Å². The highest BCUT2D eigenvalue weighted by molar-refractivity contribution is 6.10. The first kappa shape index (κ1) is 25.2. The van der Waals surface area contributed by atoms with E-state index in [2.05, 4.69) is 21.3 Å². The molecule has 40 heavy (non-hydrogen) atoms. The Balaban J connectivity index is 1.53. The Kier molecular flexibility index (Phi) is 5.67. The number of pyridine rings is 1. The summed E-state index contributed by atoms with van der Waals surface area (Å²) in [6.07, 6.45) is -3.13. The predicted molar refractivity (Wildman–Crippen MR) is 137 cm³/mol. The molecule has 1 fully saturated rings. The minimum absolute atomic E-state index is 0.0429. The van der Waals surface area contributed by atoms with Gasteiger partial charge in [-0.3, -0.25) is 19.4 Å². The van der Waals surface area contributed by atoms with E-state index in [1.165, 1.54) is 23.4 Å². The van der Waals surface area contributed by atoms with Crippen LogP contribution in [0.2, 0.25) is 0 Å². The molecule has 0 spiro atoms. The van der Waals surface area contributed by atoms with Gasteiger partial charge in [0.2, 0.25) is 5.91 Å². The average molecular weight is 544 g/mol. The van der Waals surface area contributed by atoms with Crippen LogP contribution in [0.3, 0.4) is 0 Å². The number of benzene rings is 2. The average Bonchev–Trinajstić information content (AvgIpc) is 3.52. The van der Waals surface area contributed by atoms with Crippen molar-refractivity contribution in [3.8, 4) is 28.6 Å². The van der Waals surface area contributed by atoms with Gasteiger partial charge < -0.3 is 10.3 Å². The Bertz CT molecular complexity index is 1760. The Morgan fingerprint density at radius 1 is 1.02 bits per heavy atom. The molecule has 4 aromatic rings. The summed E-state index contributed by atoms with van der Waals surface area (Å²) in [7, 11) is 1.75. The van der Waals surface area contributed by atoms with Crippen molar-refractivity contribution in [2.75, 3.05) is 16.3 Å². The van der Waals surface area contributed by atoms with E-state index in [-0.39, 0.29) is 41.8 Å². The van der Waals surface area contributed by atoms with Gasteiger partial charge in [0, 0.05) is 18.2 Å². The van der Waals surface area contributed by atoms with Gasteiger partial charge >= 0.3 is 6.18 Å². The second-order valence-corrected chi connectivity index (χ2v) is 9.49. The number of anilines is 2. The number of carbonyl (C=O) groups is 2. The van der Waals surface area contributed by atoms with Gasteiger partial charge in [-0.2, -0.15) is 18.4 Å². The van der Waals surface area contributed by atoms with Crippen molar-refractivity contribution in [2.45, 2.75) is 18.8 Å². The van der Waals surface area contributed by atoms with Crippen molar-refractivity contribution in [1.29, 1.82) is 5.26 Å². The van der Waals surface area contributed by atoms with Crippen molar-refractivity contribution in [3.63, 3.8) is 0 Å². The molecule has 0 unspecified atom stereocenters. The minimum atomic E-state index is -4.65. The van der Waals surface area contributed by atoms with Gasteiger partial charge in [-0.1, -0.05) is 6.07 Å². The number of nitrogens with zero attached hydrogens (tertiary/aromatic N) is 7. The first-order valence-electron chi connectivity index (χ1n) is 12.1. The van der Waals surface area contributed by atoms with E-state index in [9.17, 15) is 28.0 Å². The lowest BCUT2D eigenvalue weighted by Crippen LogP contribution is -2.61. The maximum absolute atomic E-state index is 13.7. The van der Waals surface area contributed by atoms with Crippen LogP contribution < -0.4 is 15.5 Å². The summed E-state index contributed by atoms with van der Waals surface area (Å²) in [6.45, 7) is -0.183. The number of alkyl halides is 3. The number of halogens is 3. The number of rotatable bonds is 4. The zero-order valence-corrected chi connectivity index (χ0v) is 20.8. The van der Waals surface area contributed by atoms with E-state index in [4.69, 9.17) is 5.73 Å². The lowest BCUT2D eigenvalue weighted by molar-refractivity contribution is -0.138. The fourth-order valence-corrected chi connectivity index (χ4v) is 4.95. The van der Waals surface area contributed by atoms with E-state index in [0.717, 1.165) is 11.0 Å². The van der Waals surface area contributed by atoms with E-state index in [0.29, 0.717) is 28.1 Å². The summed E-state index contributed by atoms with van der Waals surface area (Å²) in [6, 6.07) is 13.0. The monoisotopic (exact) mass is 544 g/mol. The molecule has 13 heteroatoms. The summed E-state index contributed by atoms with van der Waals surface area (Å²) < 4.78 is 42.9. The molecule has 2 N–H and O–H groups in total. The first-order chi connectivity index (χ1) is 19.1. The standard InChI is InChI=1S/C27H19F3N8O2/c1-36-13-33-35-24(36)16-6-5-14(10-31)7-18(16)15-8-22(34-23(9-15)38-12-21(32)26(38)40)37-11-19-17(25(37)39)3-2-4-20(19)27(28,29)30/h2-9,13,21H,11-12,32H2,1H3/t21-/m1/s1. The molecule has 10 nitrogen and oxygen atoms in total. The highest BCUT2D eigenvalue weighted by Crippen LogP contribution is 2.41.